The third-order valence-corrected chi connectivity index (χ3v) is 6.41. The van der Waals surface area contributed by atoms with E-state index in [1.54, 1.807) is 51.1 Å². The zero-order valence-electron chi connectivity index (χ0n) is 16.2. The van der Waals surface area contributed by atoms with E-state index in [1.165, 1.54) is 0 Å². The fraction of sp³-hybridized carbons (Fsp3) is 0.389. The Morgan fingerprint density at radius 2 is 1.86 bits per heavy atom. The van der Waals surface area contributed by atoms with E-state index >= 15 is 0 Å². The number of sulfone groups is 1. The molecule has 0 aliphatic heterocycles. The molecule has 2 aromatic rings. The van der Waals surface area contributed by atoms with Crippen LogP contribution in [0.5, 0.6) is 0 Å². The maximum absolute atomic E-state index is 12.3. The summed E-state index contributed by atoms with van der Waals surface area (Å²) in [6.07, 6.45) is 1.16. The topological polar surface area (TPSA) is 147 Å². The quantitative estimate of drug-likeness (QED) is 0.546. The van der Waals surface area contributed by atoms with Crippen molar-refractivity contribution in [3.05, 3.63) is 36.0 Å². The minimum Gasteiger partial charge on any atom is -0.394 e. The van der Waals surface area contributed by atoms with Crippen molar-refractivity contribution in [2.24, 2.45) is 5.73 Å². The fourth-order valence-electron chi connectivity index (χ4n) is 2.29. The van der Waals surface area contributed by atoms with Crippen LogP contribution in [0.15, 0.2) is 30.3 Å². The van der Waals surface area contributed by atoms with Crippen LogP contribution in [-0.2, 0) is 14.6 Å². The summed E-state index contributed by atoms with van der Waals surface area (Å²) in [5.41, 5.74) is 6.56. The first-order chi connectivity index (χ1) is 12.9. The number of hydrogen-bond donors (Lipinski definition) is 4. The summed E-state index contributed by atoms with van der Waals surface area (Å²) < 4.78 is 23.3. The van der Waals surface area contributed by atoms with E-state index in [0.29, 0.717) is 28.6 Å². The molecule has 0 radical (unpaired) electrons. The lowest BCUT2D eigenvalue weighted by atomic mass is 10.1. The van der Waals surface area contributed by atoms with Gasteiger partial charge in [-0.3, -0.25) is 0 Å². The van der Waals surface area contributed by atoms with Crippen LogP contribution >= 0.6 is 0 Å². The van der Waals surface area contributed by atoms with Gasteiger partial charge in [0, 0.05) is 29.6 Å². The molecule has 5 N–H and O–H groups in total. The lowest BCUT2D eigenvalue weighted by Crippen LogP contribution is -2.30. The van der Waals surface area contributed by atoms with Gasteiger partial charge < -0.3 is 21.5 Å². The van der Waals surface area contributed by atoms with Crippen molar-refractivity contribution in [3.63, 3.8) is 0 Å². The molecule has 2 amide bonds. The molecule has 2 rings (SSSR count). The molecule has 1 aromatic carbocycles. The van der Waals surface area contributed by atoms with Crippen molar-refractivity contribution in [3.8, 4) is 11.4 Å². The molecule has 0 saturated heterocycles. The van der Waals surface area contributed by atoms with Gasteiger partial charge in [0.1, 0.15) is 10.6 Å². The summed E-state index contributed by atoms with van der Waals surface area (Å²) in [6, 6.07) is 7.28. The van der Waals surface area contributed by atoms with Gasteiger partial charge in [-0.05, 0) is 45.0 Å². The summed E-state index contributed by atoms with van der Waals surface area (Å²) in [5, 5.41) is 14.8. The number of urea groups is 1. The van der Waals surface area contributed by atoms with Gasteiger partial charge in [-0.1, -0.05) is 0 Å². The largest absolute Gasteiger partial charge is 0.394 e. The monoisotopic (exact) mass is 407 g/mol. The third kappa shape index (κ3) is 4.96. The molecule has 28 heavy (non-hydrogen) atoms. The molecule has 0 bridgehead atoms. The predicted molar refractivity (Wildman–Crippen MR) is 109 cm³/mol. The van der Waals surface area contributed by atoms with Crippen LogP contribution in [0.3, 0.4) is 0 Å². The molecule has 0 fully saturated rings. The molecule has 1 aromatic heterocycles. The number of rotatable bonds is 7. The average Bonchev–Trinajstić information content (AvgIpc) is 2.60. The molecule has 1 heterocycles. The van der Waals surface area contributed by atoms with Crippen molar-refractivity contribution in [2.75, 3.05) is 23.5 Å². The molecule has 10 heteroatoms. The lowest BCUT2D eigenvalue weighted by Gasteiger charge is -2.23. The second-order valence-electron chi connectivity index (χ2n) is 7.04. The average molecular weight is 407 g/mol. The number of benzene rings is 1. The molecule has 0 aliphatic rings. The molecule has 0 saturated carbocycles. The number of aliphatic hydroxyl groups is 1. The van der Waals surface area contributed by atoms with Gasteiger partial charge in [-0.2, -0.15) is 0 Å². The highest BCUT2D eigenvalue weighted by Crippen LogP contribution is 2.31. The number of primary amides is 1. The molecule has 9 nitrogen and oxygen atoms in total. The van der Waals surface area contributed by atoms with Crippen molar-refractivity contribution in [1.29, 1.82) is 0 Å². The Hall–Kier alpha value is -2.72. The number of nitrogens with zero attached hydrogens (tertiary/aromatic N) is 2. The minimum absolute atomic E-state index is 0.113. The Morgan fingerprint density at radius 3 is 2.36 bits per heavy atom. The maximum Gasteiger partial charge on any atom is 0.316 e. The smallest absolute Gasteiger partial charge is 0.316 e. The number of anilines is 2. The number of nitrogens with two attached hydrogens (primary N) is 1. The van der Waals surface area contributed by atoms with Crippen LogP contribution in [0, 0.1) is 0 Å². The number of carbonyl (C=O) groups excluding carboxylic acids is 1. The normalized spacial score (nSPS) is 13.0. The highest BCUT2D eigenvalue weighted by atomic mass is 32.2. The van der Waals surface area contributed by atoms with Gasteiger partial charge in [0.25, 0.3) is 0 Å². The molecule has 0 unspecified atom stereocenters. The van der Waals surface area contributed by atoms with Crippen LogP contribution in [0.2, 0.25) is 0 Å². The number of carbonyl (C=O) groups is 1. The van der Waals surface area contributed by atoms with E-state index in [0.717, 1.165) is 6.26 Å². The Balaban J connectivity index is 2.55. The summed E-state index contributed by atoms with van der Waals surface area (Å²) in [6.45, 7) is 4.81. The second-order valence-corrected chi connectivity index (χ2v) is 9.60. The maximum atomic E-state index is 12.3. The Morgan fingerprint density at radius 1 is 1.25 bits per heavy atom. The van der Waals surface area contributed by atoms with Gasteiger partial charge >= 0.3 is 6.03 Å². The summed E-state index contributed by atoms with van der Waals surface area (Å²) >= 11 is 0. The standard InChI is InChI=1S/C18H25N5O4S/c1-11(10-24)20-15-9-14(18(2,3)28(4,26)27)22-16(23-15)12-5-7-13(8-6-12)21-17(19)25/h5-9,11,24H,10H2,1-4H3,(H3,19,21,25)(H,20,22,23)/t11-/m0/s1. The Kier molecular flexibility index (Phi) is 6.25. The highest BCUT2D eigenvalue weighted by molar-refractivity contribution is 7.91. The van der Waals surface area contributed by atoms with Crippen molar-refractivity contribution < 1.29 is 18.3 Å². The zero-order valence-corrected chi connectivity index (χ0v) is 17.0. The first-order valence-electron chi connectivity index (χ1n) is 8.57. The van der Waals surface area contributed by atoms with Crippen LogP contribution in [0.1, 0.15) is 26.5 Å². The SMILES string of the molecule is C[C@@H](CO)Nc1cc(C(C)(C)S(C)(=O)=O)nc(-c2ccc(NC(N)=O)cc2)n1. The number of nitrogens with one attached hydrogen (secondary N) is 2. The van der Waals surface area contributed by atoms with Gasteiger partial charge in [0.05, 0.1) is 12.3 Å². The first-order valence-corrected chi connectivity index (χ1v) is 10.5. The number of hydrogen-bond acceptors (Lipinski definition) is 7. The first kappa shape index (κ1) is 21.6. The number of aliphatic hydroxyl groups excluding tert-OH is 1. The van der Waals surface area contributed by atoms with Gasteiger partial charge in [0.2, 0.25) is 0 Å². The van der Waals surface area contributed by atoms with Gasteiger partial charge in [-0.25, -0.2) is 23.2 Å². The van der Waals surface area contributed by atoms with E-state index in [-0.39, 0.29) is 12.6 Å². The zero-order chi connectivity index (χ0) is 21.1. The predicted octanol–water partition coefficient (Wildman–Crippen LogP) is 1.71. The third-order valence-electron chi connectivity index (χ3n) is 4.35. The summed E-state index contributed by atoms with van der Waals surface area (Å²) in [4.78, 5) is 19.8. The molecular formula is C18H25N5O4S. The van der Waals surface area contributed by atoms with Crippen LogP contribution in [0.4, 0.5) is 16.3 Å². The molecule has 0 spiro atoms. The van der Waals surface area contributed by atoms with Gasteiger partial charge in [0.15, 0.2) is 15.7 Å². The molecule has 0 aliphatic carbocycles. The number of aromatic nitrogens is 2. The summed E-state index contributed by atoms with van der Waals surface area (Å²) in [7, 11) is -3.45. The Labute approximate surface area is 164 Å². The summed E-state index contributed by atoms with van der Waals surface area (Å²) in [5.74, 6) is 0.713. The van der Waals surface area contributed by atoms with Crippen molar-refractivity contribution in [1.82, 2.24) is 9.97 Å². The van der Waals surface area contributed by atoms with E-state index in [1.807, 2.05) is 0 Å². The molecule has 152 valence electrons. The Bertz CT molecular complexity index is 958. The van der Waals surface area contributed by atoms with E-state index in [9.17, 15) is 18.3 Å². The fourth-order valence-corrected chi connectivity index (χ4v) is 2.78. The van der Waals surface area contributed by atoms with Crippen LogP contribution in [0.25, 0.3) is 11.4 Å². The number of amides is 2. The lowest BCUT2D eigenvalue weighted by molar-refractivity contribution is 0.259. The van der Waals surface area contributed by atoms with E-state index in [2.05, 4.69) is 20.6 Å². The molecule has 1 atom stereocenters. The molecular weight excluding hydrogens is 382 g/mol. The van der Waals surface area contributed by atoms with E-state index in [4.69, 9.17) is 5.73 Å². The van der Waals surface area contributed by atoms with E-state index < -0.39 is 20.6 Å². The van der Waals surface area contributed by atoms with Gasteiger partial charge in [-0.15, -0.1) is 0 Å². The van der Waals surface area contributed by atoms with Crippen molar-refractivity contribution in [2.45, 2.75) is 31.6 Å². The van der Waals surface area contributed by atoms with Crippen LogP contribution < -0.4 is 16.4 Å². The van der Waals surface area contributed by atoms with Crippen LogP contribution in [-0.4, -0.2) is 48.4 Å². The second kappa shape index (κ2) is 8.11. The van der Waals surface area contributed by atoms with Crippen molar-refractivity contribution >= 4 is 27.4 Å². The highest BCUT2D eigenvalue weighted by Gasteiger charge is 2.34. The minimum atomic E-state index is -3.45.